The van der Waals surface area contributed by atoms with E-state index >= 15 is 8.78 Å². The van der Waals surface area contributed by atoms with E-state index in [1.807, 2.05) is 6.92 Å². The summed E-state index contributed by atoms with van der Waals surface area (Å²) in [6.07, 6.45) is 9.81. The lowest BCUT2D eigenvalue weighted by Gasteiger charge is -2.44. The molecule has 0 aliphatic heterocycles. The van der Waals surface area contributed by atoms with Gasteiger partial charge in [0.25, 0.3) is 0 Å². The summed E-state index contributed by atoms with van der Waals surface area (Å²) in [4.78, 5) is 0. The molecule has 0 nitrogen and oxygen atoms in total. The largest absolute Gasteiger partial charge is 0.244 e. The third-order valence-electron chi connectivity index (χ3n) is 10.8. The Bertz CT molecular complexity index is 580. The molecule has 0 N–H and O–H groups in total. The minimum absolute atomic E-state index is 0.0587. The van der Waals surface area contributed by atoms with Gasteiger partial charge in [0.05, 0.1) is 0 Å². The highest BCUT2D eigenvalue weighted by atomic mass is 19.2. The van der Waals surface area contributed by atoms with Crippen LogP contribution in [0.1, 0.15) is 110 Å². The average molecular weight is 473 g/mol. The van der Waals surface area contributed by atoms with Crippen LogP contribution >= 0.6 is 0 Å². The van der Waals surface area contributed by atoms with Crippen LogP contribution in [0.4, 0.5) is 17.6 Å². The van der Waals surface area contributed by atoms with Gasteiger partial charge >= 0.3 is 0 Å². The maximum atomic E-state index is 15.3. The predicted molar refractivity (Wildman–Crippen MR) is 128 cm³/mol. The standard InChI is InChI=1S/C29H48F4/c1-3-19-5-11-21(12-6-19)24-16-17-25(29(33)28(24)32)22-13-7-20(8-14-22)9-15-23-10-4-18(2)26(30)27(23)31/h18-29H,3-17H2,1-2H3. The molecule has 0 aromatic carbocycles. The van der Waals surface area contributed by atoms with E-state index in [1.165, 1.54) is 19.3 Å². The van der Waals surface area contributed by atoms with Crippen molar-refractivity contribution in [1.29, 1.82) is 0 Å². The summed E-state index contributed by atoms with van der Waals surface area (Å²) in [7, 11) is 0. The first-order valence-electron chi connectivity index (χ1n) is 14.4. The molecule has 0 radical (unpaired) electrons. The van der Waals surface area contributed by atoms with Crippen LogP contribution in [0.25, 0.3) is 0 Å². The Kier molecular flexibility index (Phi) is 9.10. The first-order valence-corrected chi connectivity index (χ1v) is 14.4. The van der Waals surface area contributed by atoms with Crippen molar-refractivity contribution in [3.63, 3.8) is 0 Å². The van der Waals surface area contributed by atoms with Crippen molar-refractivity contribution in [2.24, 2.45) is 47.3 Å². The lowest BCUT2D eigenvalue weighted by molar-refractivity contribution is -0.0373. The minimum Gasteiger partial charge on any atom is -0.244 e. The number of rotatable bonds is 6. The van der Waals surface area contributed by atoms with Gasteiger partial charge in [0.1, 0.15) is 24.7 Å². The molecule has 4 saturated carbocycles. The Morgan fingerprint density at radius 3 is 1.55 bits per heavy atom. The molecule has 33 heavy (non-hydrogen) atoms. The molecule has 0 bridgehead atoms. The van der Waals surface area contributed by atoms with Crippen molar-refractivity contribution >= 4 is 0 Å². The van der Waals surface area contributed by atoms with Gasteiger partial charge in [-0.3, -0.25) is 0 Å². The molecule has 8 atom stereocenters. The summed E-state index contributed by atoms with van der Waals surface area (Å²) in [5.41, 5.74) is 0. The molecular formula is C29H48F4. The first kappa shape index (κ1) is 25.8. The molecular weight excluding hydrogens is 424 g/mol. The fraction of sp³-hybridized carbons (Fsp3) is 1.00. The number of hydrogen-bond donors (Lipinski definition) is 0. The van der Waals surface area contributed by atoms with Gasteiger partial charge in [-0.15, -0.1) is 0 Å². The van der Waals surface area contributed by atoms with Crippen LogP contribution in [0.2, 0.25) is 0 Å². The Morgan fingerprint density at radius 2 is 1.03 bits per heavy atom. The van der Waals surface area contributed by atoms with E-state index in [0.29, 0.717) is 17.8 Å². The topological polar surface area (TPSA) is 0 Å². The van der Waals surface area contributed by atoms with E-state index in [9.17, 15) is 8.78 Å². The highest BCUT2D eigenvalue weighted by Crippen LogP contribution is 2.49. The maximum Gasteiger partial charge on any atom is 0.134 e. The minimum atomic E-state index is -1.30. The summed E-state index contributed by atoms with van der Waals surface area (Å²) in [5.74, 6) is 1.61. The van der Waals surface area contributed by atoms with Gasteiger partial charge in [-0.25, -0.2) is 17.6 Å². The van der Waals surface area contributed by atoms with Crippen molar-refractivity contribution < 1.29 is 17.6 Å². The maximum absolute atomic E-state index is 15.3. The van der Waals surface area contributed by atoms with Gasteiger partial charge < -0.3 is 0 Å². The van der Waals surface area contributed by atoms with Gasteiger partial charge in [-0.05, 0) is 105 Å². The SMILES string of the molecule is CCC1CCC(C2CCC(C3CCC(CCC4CCC(C)C(F)C4F)CC3)C(F)C2F)CC1. The average Bonchev–Trinajstić information content (AvgIpc) is 2.84. The number of halogens is 4. The molecule has 4 aliphatic carbocycles. The third kappa shape index (κ3) is 5.93. The molecule has 0 spiro atoms. The summed E-state index contributed by atoms with van der Waals surface area (Å²) >= 11 is 0. The van der Waals surface area contributed by atoms with E-state index in [1.54, 1.807) is 0 Å². The Balaban J connectivity index is 1.20. The van der Waals surface area contributed by atoms with E-state index in [2.05, 4.69) is 6.92 Å². The molecule has 0 saturated heterocycles. The quantitative estimate of drug-likeness (QED) is 0.338. The second-order valence-corrected chi connectivity index (χ2v) is 12.5. The molecule has 4 aliphatic rings. The lowest BCUT2D eigenvalue weighted by Crippen LogP contribution is -2.45. The Morgan fingerprint density at radius 1 is 0.515 bits per heavy atom. The first-order chi connectivity index (χ1) is 15.9. The molecule has 0 heterocycles. The summed E-state index contributed by atoms with van der Waals surface area (Å²) < 4.78 is 59.0. The molecule has 4 rings (SSSR count). The zero-order valence-electron chi connectivity index (χ0n) is 21.0. The van der Waals surface area contributed by atoms with Crippen LogP contribution in [-0.4, -0.2) is 24.7 Å². The fourth-order valence-corrected chi connectivity index (χ4v) is 8.22. The van der Waals surface area contributed by atoms with E-state index in [-0.39, 0.29) is 23.7 Å². The van der Waals surface area contributed by atoms with Crippen LogP contribution in [0.3, 0.4) is 0 Å². The van der Waals surface area contributed by atoms with Crippen molar-refractivity contribution in [1.82, 2.24) is 0 Å². The molecule has 4 fully saturated rings. The molecule has 0 aromatic heterocycles. The van der Waals surface area contributed by atoms with E-state index in [4.69, 9.17) is 0 Å². The third-order valence-corrected chi connectivity index (χ3v) is 10.8. The van der Waals surface area contributed by atoms with Crippen molar-refractivity contribution in [2.75, 3.05) is 0 Å². The van der Waals surface area contributed by atoms with Gasteiger partial charge in [-0.2, -0.15) is 0 Å². The highest BCUT2D eigenvalue weighted by Gasteiger charge is 2.46. The van der Waals surface area contributed by atoms with Crippen LogP contribution in [0.15, 0.2) is 0 Å². The molecule has 0 amide bonds. The second kappa shape index (κ2) is 11.6. The van der Waals surface area contributed by atoms with Crippen molar-refractivity contribution in [3.05, 3.63) is 0 Å². The highest BCUT2D eigenvalue weighted by molar-refractivity contribution is 4.95. The van der Waals surface area contributed by atoms with Crippen molar-refractivity contribution in [2.45, 2.75) is 135 Å². The van der Waals surface area contributed by atoms with E-state index < -0.39 is 24.7 Å². The molecule has 0 aromatic rings. The van der Waals surface area contributed by atoms with Crippen LogP contribution in [0.5, 0.6) is 0 Å². The monoisotopic (exact) mass is 472 g/mol. The molecule has 192 valence electrons. The van der Waals surface area contributed by atoms with Crippen LogP contribution < -0.4 is 0 Å². The zero-order valence-corrected chi connectivity index (χ0v) is 21.0. The van der Waals surface area contributed by atoms with Gasteiger partial charge in [0.2, 0.25) is 0 Å². The van der Waals surface area contributed by atoms with Gasteiger partial charge in [0, 0.05) is 0 Å². The molecule has 8 unspecified atom stereocenters. The smallest absolute Gasteiger partial charge is 0.134 e. The molecule has 4 heteroatoms. The van der Waals surface area contributed by atoms with Gasteiger partial charge in [-0.1, -0.05) is 52.4 Å². The second-order valence-electron chi connectivity index (χ2n) is 12.5. The van der Waals surface area contributed by atoms with Gasteiger partial charge in [0.15, 0.2) is 0 Å². The van der Waals surface area contributed by atoms with Crippen LogP contribution in [-0.2, 0) is 0 Å². The summed E-state index contributed by atoms with van der Waals surface area (Å²) in [5, 5.41) is 0. The number of hydrogen-bond acceptors (Lipinski definition) is 0. The summed E-state index contributed by atoms with van der Waals surface area (Å²) in [6, 6.07) is 0. The fourth-order valence-electron chi connectivity index (χ4n) is 8.22. The Hall–Kier alpha value is -0.280. The normalized spacial score (nSPS) is 49.6. The zero-order chi connectivity index (χ0) is 23.5. The van der Waals surface area contributed by atoms with Crippen LogP contribution in [0, 0.1) is 47.3 Å². The lowest BCUT2D eigenvalue weighted by atomic mass is 9.63. The van der Waals surface area contributed by atoms with Crippen molar-refractivity contribution in [3.8, 4) is 0 Å². The summed E-state index contributed by atoms with van der Waals surface area (Å²) in [6.45, 7) is 4.06. The predicted octanol–water partition coefficient (Wildman–Crippen LogP) is 9.21. The van der Waals surface area contributed by atoms with E-state index in [0.717, 1.165) is 83.0 Å². The Labute approximate surface area is 200 Å². The number of alkyl halides is 4.